The monoisotopic (exact) mass is 1510 g/mol. The average molecular weight is 1510 g/mol. The van der Waals surface area contributed by atoms with E-state index in [4.69, 9.17) is 0 Å². The summed E-state index contributed by atoms with van der Waals surface area (Å²) >= 11 is 0. The van der Waals surface area contributed by atoms with Gasteiger partial charge in [0.25, 0.3) is 0 Å². The summed E-state index contributed by atoms with van der Waals surface area (Å²) < 4.78 is 2.38. The van der Waals surface area contributed by atoms with E-state index in [-0.39, 0.29) is 10.8 Å². The van der Waals surface area contributed by atoms with Gasteiger partial charge in [0, 0.05) is 78.5 Å². The van der Waals surface area contributed by atoms with Gasteiger partial charge in [0.15, 0.2) is 0 Å². The maximum Gasteiger partial charge on any atom is 0.0541 e. The number of anilines is 9. The van der Waals surface area contributed by atoms with Crippen molar-refractivity contribution < 1.29 is 0 Å². The molecule has 0 fully saturated rings. The predicted molar refractivity (Wildman–Crippen MR) is 498 cm³/mol. The lowest BCUT2D eigenvalue weighted by Gasteiger charge is -2.29. The fourth-order valence-electron chi connectivity index (χ4n) is 18.6. The van der Waals surface area contributed by atoms with Crippen molar-refractivity contribution in [2.75, 3.05) is 14.7 Å². The van der Waals surface area contributed by atoms with Crippen LogP contribution < -0.4 is 14.7 Å². The summed E-state index contributed by atoms with van der Waals surface area (Å²) in [5.74, 6) is 0. The van der Waals surface area contributed by atoms with E-state index < -0.39 is 0 Å². The van der Waals surface area contributed by atoms with Crippen LogP contribution in [0.15, 0.2) is 437 Å². The first-order chi connectivity index (χ1) is 58.0. The normalized spacial score (nSPS) is 12.7. The van der Waals surface area contributed by atoms with Gasteiger partial charge < -0.3 is 19.3 Å². The average Bonchev–Trinajstić information content (AvgIpc) is 1.58. The van der Waals surface area contributed by atoms with Crippen LogP contribution in [-0.4, -0.2) is 4.57 Å². The SMILES string of the molecule is CC1(C)c2ccccc2-c2ccc(N(c3ccc(-c4ccccc4)cc3)c3ccc(-c4ccc(N(c5ccc(-c6ccccc6)cc5)c5ccc6c(c5)C(C)(C)c5cc(-c7cccc(-c8ccc(N(c9ccc(-c%10ccccc%10)cc9)c9ccc(-c%10ccc(-n%11c%12ccccc%12c%12ccccc%12%11)cc%10)cc9)cc8)c7)ccc5-6)cc4)cc3)cc21. The summed E-state index contributed by atoms with van der Waals surface area (Å²) in [5, 5.41) is 2.52. The number of fused-ring (bicyclic) bond motifs is 9. The smallest absolute Gasteiger partial charge is 0.0541 e. The van der Waals surface area contributed by atoms with Crippen molar-refractivity contribution in [1.29, 1.82) is 0 Å². The molecule has 2 aliphatic carbocycles. The van der Waals surface area contributed by atoms with E-state index in [0.29, 0.717) is 0 Å². The summed E-state index contributed by atoms with van der Waals surface area (Å²) in [5.41, 5.74) is 39.9. The van der Waals surface area contributed by atoms with Crippen molar-refractivity contribution in [3.63, 3.8) is 0 Å². The minimum absolute atomic E-state index is 0.138. The van der Waals surface area contributed by atoms with Crippen LogP contribution >= 0.6 is 0 Å². The summed E-state index contributed by atoms with van der Waals surface area (Å²) in [6.45, 7) is 9.52. The third-order valence-electron chi connectivity index (χ3n) is 24.8. The molecule has 0 amide bonds. The van der Waals surface area contributed by atoms with E-state index in [1.54, 1.807) is 0 Å². The van der Waals surface area contributed by atoms with Crippen LogP contribution in [-0.2, 0) is 10.8 Å². The van der Waals surface area contributed by atoms with Crippen LogP contribution in [0.4, 0.5) is 51.2 Å². The highest BCUT2D eigenvalue weighted by Crippen LogP contribution is 2.54. The molecule has 4 heteroatoms. The molecule has 19 aromatic rings. The Bertz CT molecular complexity index is 6900. The van der Waals surface area contributed by atoms with Crippen molar-refractivity contribution in [2.24, 2.45) is 0 Å². The molecule has 0 bridgehead atoms. The van der Waals surface area contributed by atoms with Gasteiger partial charge in [-0.3, -0.25) is 0 Å². The van der Waals surface area contributed by atoms with Gasteiger partial charge in [-0.05, 0) is 268 Å². The standard InChI is InChI=1S/C114H84N4/c1-113(2)107-32-17-14-29-101(107)103-71-68-99(75-109(103)113)116(94-56-37-81(38-57-94)78-23-10-6-11-24-78)96-60-43-84(44-61-96)85-45-62-97(63-46-85)117(95-58-39-82(40-59-95)79-25-12-7-13-26-79)100-69-72-104-102-70-51-90(74-108(102)114(3,4)110(104)76-100)89-28-20-27-88(73-89)87-49-64-93(65-50-87)115(91-52-35-80(36-53-91)77-21-8-5-9-22-77)92-54-41-83(42-55-92)86-47-66-98(67-48-86)118-111-33-18-15-30-105(111)106-31-16-19-34-112(106)118/h5-76H,1-4H3. The van der Waals surface area contributed by atoms with Crippen LogP contribution in [0.3, 0.4) is 0 Å². The minimum atomic E-state index is -0.304. The minimum Gasteiger partial charge on any atom is -0.311 e. The van der Waals surface area contributed by atoms with Crippen LogP contribution in [0.5, 0.6) is 0 Å². The van der Waals surface area contributed by atoms with Crippen molar-refractivity contribution in [3.05, 3.63) is 459 Å². The number of benzene rings is 18. The molecule has 0 atom stereocenters. The fourth-order valence-corrected chi connectivity index (χ4v) is 18.6. The van der Waals surface area contributed by atoms with Crippen LogP contribution in [0.2, 0.25) is 0 Å². The second kappa shape index (κ2) is 29.2. The molecule has 18 aromatic carbocycles. The molecule has 0 N–H and O–H groups in total. The summed E-state index contributed by atoms with van der Waals surface area (Å²) in [4.78, 5) is 7.20. The first-order valence-corrected chi connectivity index (χ1v) is 41.0. The molecular formula is C114H84N4. The van der Waals surface area contributed by atoms with E-state index in [2.05, 4.69) is 484 Å². The molecule has 4 nitrogen and oxygen atoms in total. The topological polar surface area (TPSA) is 14.7 Å². The van der Waals surface area contributed by atoms with Gasteiger partial charge in [-0.15, -0.1) is 0 Å². The molecule has 1 aromatic heterocycles. The zero-order valence-corrected chi connectivity index (χ0v) is 66.4. The second-order valence-electron chi connectivity index (χ2n) is 32.4. The zero-order valence-electron chi connectivity index (χ0n) is 66.4. The lowest BCUT2D eigenvalue weighted by atomic mass is 9.81. The van der Waals surface area contributed by atoms with E-state index in [1.165, 1.54) is 116 Å². The molecular weight excluding hydrogens is 1430 g/mol. The maximum absolute atomic E-state index is 2.45. The van der Waals surface area contributed by atoms with Gasteiger partial charge in [-0.1, -0.05) is 319 Å². The lowest BCUT2D eigenvalue weighted by molar-refractivity contribution is 0.660. The Morgan fingerprint density at radius 3 is 0.788 bits per heavy atom. The van der Waals surface area contributed by atoms with Gasteiger partial charge >= 0.3 is 0 Å². The van der Waals surface area contributed by atoms with E-state index in [9.17, 15) is 0 Å². The highest BCUT2D eigenvalue weighted by molar-refractivity contribution is 6.09. The van der Waals surface area contributed by atoms with Crippen LogP contribution in [0.1, 0.15) is 49.9 Å². The Morgan fingerprint density at radius 1 is 0.169 bits per heavy atom. The third-order valence-corrected chi connectivity index (χ3v) is 24.8. The Labute approximate surface area is 691 Å². The lowest BCUT2D eigenvalue weighted by Crippen LogP contribution is -2.16. The summed E-state index contributed by atoms with van der Waals surface area (Å²) in [6.07, 6.45) is 0. The molecule has 2 aliphatic rings. The van der Waals surface area contributed by atoms with Crippen molar-refractivity contribution in [1.82, 2.24) is 4.57 Å². The van der Waals surface area contributed by atoms with Crippen LogP contribution in [0, 0.1) is 0 Å². The molecule has 0 saturated carbocycles. The van der Waals surface area contributed by atoms with Gasteiger partial charge in [-0.25, -0.2) is 0 Å². The van der Waals surface area contributed by atoms with Gasteiger partial charge in [0.2, 0.25) is 0 Å². The summed E-state index contributed by atoms with van der Waals surface area (Å²) in [6, 6.07) is 161. The third kappa shape index (κ3) is 12.7. The first kappa shape index (κ1) is 71.0. The molecule has 560 valence electrons. The molecule has 0 spiro atoms. The highest BCUT2D eigenvalue weighted by Gasteiger charge is 2.38. The van der Waals surface area contributed by atoms with E-state index >= 15 is 0 Å². The Morgan fingerprint density at radius 2 is 0.407 bits per heavy atom. The second-order valence-corrected chi connectivity index (χ2v) is 32.4. The van der Waals surface area contributed by atoms with E-state index in [0.717, 1.165) is 84.7 Å². The van der Waals surface area contributed by atoms with Gasteiger partial charge in [-0.2, -0.15) is 0 Å². The van der Waals surface area contributed by atoms with E-state index in [1.807, 2.05) is 0 Å². The van der Waals surface area contributed by atoms with Gasteiger partial charge in [0.05, 0.1) is 11.0 Å². The molecule has 0 unspecified atom stereocenters. The van der Waals surface area contributed by atoms with Crippen molar-refractivity contribution in [3.8, 4) is 106 Å². The zero-order chi connectivity index (χ0) is 79.0. The number of nitrogens with zero attached hydrogens (tertiary/aromatic N) is 4. The van der Waals surface area contributed by atoms with Crippen molar-refractivity contribution >= 4 is 73.0 Å². The fraction of sp³-hybridized carbons (Fsp3) is 0.0526. The number of hydrogen-bond acceptors (Lipinski definition) is 3. The number of hydrogen-bond donors (Lipinski definition) is 0. The number of para-hydroxylation sites is 2. The molecule has 0 saturated heterocycles. The molecule has 0 radical (unpaired) electrons. The molecule has 118 heavy (non-hydrogen) atoms. The molecule has 21 rings (SSSR count). The number of rotatable bonds is 17. The molecule has 1 heterocycles. The van der Waals surface area contributed by atoms with Gasteiger partial charge in [0.1, 0.15) is 0 Å². The van der Waals surface area contributed by atoms with Crippen LogP contribution in [0.25, 0.3) is 128 Å². The summed E-state index contributed by atoms with van der Waals surface area (Å²) in [7, 11) is 0. The first-order valence-electron chi connectivity index (χ1n) is 41.0. The Balaban J connectivity index is 0.561. The quantitative estimate of drug-likeness (QED) is 0.0903. The Hall–Kier alpha value is -14.8. The highest BCUT2D eigenvalue weighted by atomic mass is 15.2. The number of aromatic nitrogens is 1. The van der Waals surface area contributed by atoms with Crippen molar-refractivity contribution in [2.45, 2.75) is 38.5 Å². The molecule has 0 aliphatic heterocycles. The maximum atomic E-state index is 2.45. The predicted octanol–water partition coefficient (Wildman–Crippen LogP) is 31.5. The Kier molecular flexibility index (Phi) is 17.6. The largest absolute Gasteiger partial charge is 0.311 e.